The van der Waals surface area contributed by atoms with Gasteiger partial charge in [0.1, 0.15) is 0 Å². The topological polar surface area (TPSA) is 32.8 Å². The molecule has 2 aliphatic rings. The Kier molecular flexibility index (Phi) is 5.85. The first-order valence-electron chi connectivity index (χ1n) is 8.16. The highest BCUT2D eigenvalue weighted by Gasteiger charge is 2.34. The maximum absolute atomic E-state index is 12.2. The minimum Gasteiger partial charge on any atom is -0.469 e. The number of methoxy groups -OCH3 is 1. The predicted molar refractivity (Wildman–Crippen MR) is 80.6 cm³/mol. The molecule has 1 atom stereocenters. The van der Waals surface area contributed by atoms with E-state index in [1.54, 1.807) is 0 Å². The van der Waals surface area contributed by atoms with Gasteiger partial charge in [-0.3, -0.25) is 4.79 Å². The number of hydrogen-bond donors (Lipinski definition) is 0. The standard InChI is InChI=1S/C16H30N2O2/c1-13(2)18-10-6-14(7-11-18)15(16(19)20-3)12-17-8-4-5-9-17/h13-15H,4-12H2,1-3H3. The van der Waals surface area contributed by atoms with Crippen molar-refractivity contribution in [3.8, 4) is 0 Å². The zero-order valence-electron chi connectivity index (χ0n) is 13.3. The molecule has 2 heterocycles. The molecule has 0 radical (unpaired) electrons. The summed E-state index contributed by atoms with van der Waals surface area (Å²) in [5.74, 6) is 0.574. The number of piperidine rings is 1. The van der Waals surface area contributed by atoms with E-state index in [9.17, 15) is 4.79 Å². The van der Waals surface area contributed by atoms with Crippen molar-refractivity contribution in [2.24, 2.45) is 11.8 Å². The summed E-state index contributed by atoms with van der Waals surface area (Å²) < 4.78 is 5.07. The van der Waals surface area contributed by atoms with E-state index in [1.807, 2.05) is 0 Å². The van der Waals surface area contributed by atoms with E-state index in [4.69, 9.17) is 4.74 Å². The molecule has 2 aliphatic heterocycles. The molecular weight excluding hydrogens is 252 g/mol. The lowest BCUT2D eigenvalue weighted by Gasteiger charge is -2.38. The quantitative estimate of drug-likeness (QED) is 0.722. The Labute approximate surface area is 123 Å². The molecule has 2 saturated heterocycles. The molecule has 0 aromatic rings. The number of ether oxygens (including phenoxy) is 1. The second kappa shape index (κ2) is 7.41. The van der Waals surface area contributed by atoms with Crippen molar-refractivity contribution in [2.45, 2.75) is 45.6 Å². The van der Waals surface area contributed by atoms with Gasteiger partial charge in [-0.05, 0) is 71.6 Å². The van der Waals surface area contributed by atoms with Crippen molar-refractivity contribution in [1.82, 2.24) is 9.80 Å². The van der Waals surface area contributed by atoms with E-state index >= 15 is 0 Å². The Morgan fingerprint density at radius 3 is 2.25 bits per heavy atom. The van der Waals surface area contributed by atoms with Crippen LogP contribution < -0.4 is 0 Å². The number of likely N-dealkylation sites (tertiary alicyclic amines) is 2. The third-order valence-electron chi connectivity index (χ3n) is 5.03. The fourth-order valence-electron chi connectivity index (χ4n) is 3.65. The van der Waals surface area contributed by atoms with Crippen molar-refractivity contribution in [1.29, 1.82) is 0 Å². The summed E-state index contributed by atoms with van der Waals surface area (Å²) >= 11 is 0. The molecule has 0 N–H and O–H groups in total. The summed E-state index contributed by atoms with van der Waals surface area (Å²) in [7, 11) is 1.53. The Morgan fingerprint density at radius 1 is 1.15 bits per heavy atom. The largest absolute Gasteiger partial charge is 0.469 e. The van der Waals surface area contributed by atoms with Gasteiger partial charge in [-0.2, -0.15) is 0 Å². The van der Waals surface area contributed by atoms with Gasteiger partial charge in [0.25, 0.3) is 0 Å². The summed E-state index contributed by atoms with van der Waals surface area (Å²) in [5.41, 5.74) is 0. The molecule has 2 fully saturated rings. The fraction of sp³-hybridized carbons (Fsp3) is 0.938. The van der Waals surface area contributed by atoms with E-state index in [1.165, 1.54) is 20.0 Å². The van der Waals surface area contributed by atoms with Gasteiger partial charge in [0.2, 0.25) is 0 Å². The average Bonchev–Trinajstić information content (AvgIpc) is 2.97. The van der Waals surface area contributed by atoms with E-state index in [2.05, 4.69) is 23.6 Å². The van der Waals surface area contributed by atoms with Crippen LogP contribution in [0.2, 0.25) is 0 Å². The summed E-state index contributed by atoms with van der Waals surface area (Å²) in [6.45, 7) is 9.95. The average molecular weight is 282 g/mol. The highest BCUT2D eigenvalue weighted by atomic mass is 16.5. The van der Waals surface area contributed by atoms with Crippen molar-refractivity contribution < 1.29 is 9.53 Å². The van der Waals surface area contributed by atoms with Gasteiger partial charge < -0.3 is 14.5 Å². The lowest BCUT2D eigenvalue weighted by molar-refractivity contribution is -0.149. The molecule has 0 aliphatic carbocycles. The Morgan fingerprint density at radius 2 is 1.75 bits per heavy atom. The minimum absolute atomic E-state index is 0.0000954. The van der Waals surface area contributed by atoms with Gasteiger partial charge >= 0.3 is 5.97 Å². The fourth-order valence-corrected chi connectivity index (χ4v) is 3.65. The molecule has 0 aromatic carbocycles. The van der Waals surface area contributed by atoms with Crippen LogP contribution in [0.1, 0.15) is 39.5 Å². The Balaban J connectivity index is 1.91. The number of nitrogens with zero attached hydrogens (tertiary/aromatic N) is 2. The first-order chi connectivity index (χ1) is 9.61. The molecule has 0 aromatic heterocycles. The van der Waals surface area contributed by atoms with E-state index in [0.29, 0.717) is 12.0 Å². The SMILES string of the molecule is COC(=O)C(CN1CCCC1)C1CCN(C(C)C)CC1. The summed E-state index contributed by atoms with van der Waals surface area (Å²) in [6, 6.07) is 0.617. The maximum atomic E-state index is 12.2. The number of carbonyl (C=O) groups is 1. The van der Waals surface area contributed by atoms with Gasteiger partial charge in [-0.25, -0.2) is 0 Å². The van der Waals surface area contributed by atoms with Crippen LogP contribution in [0.5, 0.6) is 0 Å². The second-order valence-electron chi connectivity index (χ2n) is 6.60. The normalized spacial score (nSPS) is 24.2. The molecule has 116 valence electrons. The van der Waals surface area contributed by atoms with Crippen LogP contribution in [0.25, 0.3) is 0 Å². The van der Waals surface area contributed by atoms with Crippen LogP contribution in [0.15, 0.2) is 0 Å². The number of rotatable bonds is 5. The van der Waals surface area contributed by atoms with Crippen LogP contribution in [-0.4, -0.2) is 61.6 Å². The lowest BCUT2D eigenvalue weighted by atomic mass is 9.83. The zero-order valence-corrected chi connectivity index (χ0v) is 13.3. The van der Waals surface area contributed by atoms with Crippen molar-refractivity contribution in [3.05, 3.63) is 0 Å². The molecule has 0 bridgehead atoms. The molecule has 1 unspecified atom stereocenters. The Hall–Kier alpha value is -0.610. The van der Waals surface area contributed by atoms with Crippen LogP contribution in [0, 0.1) is 11.8 Å². The predicted octanol–water partition coefficient (Wildman–Crippen LogP) is 1.99. The van der Waals surface area contributed by atoms with Crippen LogP contribution in [0.4, 0.5) is 0 Å². The van der Waals surface area contributed by atoms with E-state index in [-0.39, 0.29) is 11.9 Å². The van der Waals surface area contributed by atoms with Crippen LogP contribution in [-0.2, 0) is 9.53 Å². The first kappa shape index (κ1) is 15.8. The first-order valence-corrected chi connectivity index (χ1v) is 8.16. The monoisotopic (exact) mass is 282 g/mol. The number of hydrogen-bond acceptors (Lipinski definition) is 4. The van der Waals surface area contributed by atoms with Crippen molar-refractivity contribution in [3.63, 3.8) is 0 Å². The molecule has 0 amide bonds. The number of carbonyl (C=O) groups excluding carboxylic acids is 1. The third-order valence-corrected chi connectivity index (χ3v) is 5.03. The van der Waals surface area contributed by atoms with Gasteiger partial charge in [0, 0.05) is 12.6 Å². The van der Waals surface area contributed by atoms with Crippen LogP contribution >= 0.6 is 0 Å². The molecule has 0 saturated carbocycles. The molecule has 4 nitrogen and oxygen atoms in total. The minimum atomic E-state index is -0.0000954. The Bertz CT molecular complexity index is 306. The van der Waals surface area contributed by atoms with Crippen molar-refractivity contribution >= 4 is 5.97 Å². The molecule has 20 heavy (non-hydrogen) atoms. The van der Waals surface area contributed by atoms with E-state index in [0.717, 1.165) is 45.6 Å². The summed E-state index contributed by atoms with van der Waals surface area (Å²) in [5, 5.41) is 0. The summed E-state index contributed by atoms with van der Waals surface area (Å²) in [6.07, 6.45) is 4.82. The summed E-state index contributed by atoms with van der Waals surface area (Å²) in [4.78, 5) is 17.1. The zero-order chi connectivity index (χ0) is 14.5. The highest BCUT2D eigenvalue weighted by molar-refractivity contribution is 5.73. The lowest BCUT2D eigenvalue weighted by Crippen LogP contribution is -2.44. The number of esters is 1. The smallest absolute Gasteiger partial charge is 0.310 e. The molecular formula is C16H30N2O2. The molecule has 2 rings (SSSR count). The van der Waals surface area contributed by atoms with Gasteiger partial charge in [-0.1, -0.05) is 0 Å². The second-order valence-corrected chi connectivity index (χ2v) is 6.60. The molecule has 4 heteroatoms. The van der Waals surface area contributed by atoms with E-state index < -0.39 is 0 Å². The van der Waals surface area contributed by atoms with Gasteiger partial charge in [-0.15, -0.1) is 0 Å². The maximum Gasteiger partial charge on any atom is 0.310 e. The van der Waals surface area contributed by atoms with Crippen molar-refractivity contribution in [2.75, 3.05) is 39.8 Å². The molecule has 0 spiro atoms. The van der Waals surface area contributed by atoms with Gasteiger partial charge in [0.15, 0.2) is 0 Å². The highest BCUT2D eigenvalue weighted by Crippen LogP contribution is 2.28. The third kappa shape index (κ3) is 3.95. The van der Waals surface area contributed by atoms with Crippen LogP contribution in [0.3, 0.4) is 0 Å². The van der Waals surface area contributed by atoms with Gasteiger partial charge in [0.05, 0.1) is 13.0 Å².